The Bertz CT molecular complexity index is 1420. The van der Waals surface area contributed by atoms with Gasteiger partial charge in [-0.3, -0.25) is 0 Å². The van der Waals surface area contributed by atoms with E-state index in [1.54, 1.807) is 18.2 Å². The van der Waals surface area contributed by atoms with Gasteiger partial charge in [0.1, 0.15) is 0 Å². The number of nitrogens with zero attached hydrogens (tertiary/aromatic N) is 1. The van der Waals surface area contributed by atoms with Crippen molar-refractivity contribution in [1.82, 2.24) is 0 Å². The van der Waals surface area contributed by atoms with Crippen LogP contribution in [-0.2, 0) is 25.7 Å². The number of carbonyl (C=O) groups excluding carboxylic acids is 1. The molecule has 0 radical (unpaired) electrons. The third-order valence-electron chi connectivity index (χ3n) is 5.43. The molecule has 0 saturated carbocycles. The lowest BCUT2D eigenvalue weighted by Gasteiger charge is -2.34. The molecule has 4 rings (SSSR count). The number of para-hydroxylation sites is 1. The van der Waals surface area contributed by atoms with Gasteiger partial charge in [-0.05, 0) is 37.6 Å². The molecule has 5 nitrogen and oxygen atoms in total. The maximum atomic E-state index is 13.9. The Hall–Kier alpha value is -3.59. The molecule has 1 aliphatic heterocycles. The minimum atomic E-state index is -4.87. The third kappa shape index (κ3) is 3.86. The molecule has 0 saturated heterocycles. The highest BCUT2D eigenvalue weighted by Crippen LogP contribution is 2.46. The van der Waals surface area contributed by atoms with Crippen molar-refractivity contribution in [2.75, 3.05) is 11.4 Å². The fourth-order valence-electron chi connectivity index (χ4n) is 4.18. The first-order valence-electron chi connectivity index (χ1n) is 10.2. The fraction of sp³-hybridized carbons (Fsp3) is 0.160. The van der Waals surface area contributed by atoms with Crippen LogP contribution in [0.15, 0.2) is 77.3 Å². The second-order valence-corrected chi connectivity index (χ2v) is 9.63. The average molecular weight is 487 g/mol. The van der Waals surface area contributed by atoms with Crippen LogP contribution in [0.2, 0.25) is 0 Å². The molecule has 9 heteroatoms. The van der Waals surface area contributed by atoms with E-state index in [0.29, 0.717) is 9.87 Å². The summed E-state index contributed by atoms with van der Waals surface area (Å²) in [4.78, 5) is 12.9. The first-order valence-corrected chi connectivity index (χ1v) is 11.6. The topological polar surface area (TPSA) is 63.7 Å². The second-order valence-electron chi connectivity index (χ2n) is 7.87. The first-order chi connectivity index (χ1) is 16.0. The van der Waals surface area contributed by atoms with Gasteiger partial charge in [0.25, 0.3) is 10.0 Å². The van der Waals surface area contributed by atoms with Crippen molar-refractivity contribution in [3.05, 3.63) is 100 Å². The van der Waals surface area contributed by atoms with Crippen LogP contribution in [0.25, 0.3) is 5.57 Å². The smallest absolute Gasteiger partial charge is 0.418 e. The number of hydrogen-bond acceptors (Lipinski definition) is 4. The van der Waals surface area contributed by atoms with E-state index in [9.17, 15) is 26.4 Å². The highest BCUT2D eigenvalue weighted by Gasteiger charge is 2.45. The number of halogens is 3. The lowest BCUT2D eigenvalue weighted by atomic mass is 9.92. The van der Waals surface area contributed by atoms with Crippen LogP contribution in [0.3, 0.4) is 0 Å². The van der Waals surface area contributed by atoms with E-state index < -0.39 is 39.1 Å². The fourth-order valence-corrected chi connectivity index (χ4v) is 5.90. The summed E-state index contributed by atoms with van der Waals surface area (Å²) in [7, 11) is -3.56. The molecule has 176 valence electrons. The number of esters is 1. The Morgan fingerprint density at radius 2 is 1.50 bits per heavy atom. The van der Waals surface area contributed by atoms with Gasteiger partial charge in [-0.25, -0.2) is 17.5 Å². The summed E-state index contributed by atoms with van der Waals surface area (Å²) < 4.78 is 74.6. The molecule has 3 aromatic rings. The van der Waals surface area contributed by atoms with Crippen LogP contribution < -0.4 is 4.31 Å². The summed E-state index contributed by atoms with van der Waals surface area (Å²) in [5.41, 5.74) is 0.123. The Morgan fingerprint density at radius 1 is 0.912 bits per heavy atom. The summed E-state index contributed by atoms with van der Waals surface area (Å²) in [6, 6.07) is 15.5. The van der Waals surface area contributed by atoms with Crippen molar-refractivity contribution < 1.29 is 31.1 Å². The molecular formula is C25H20F3NO4S. The summed E-state index contributed by atoms with van der Waals surface area (Å²) in [6.45, 7) is 3.66. The van der Waals surface area contributed by atoms with Crippen molar-refractivity contribution >= 4 is 27.3 Å². The van der Waals surface area contributed by atoms with Gasteiger partial charge < -0.3 is 4.74 Å². The van der Waals surface area contributed by atoms with Crippen molar-refractivity contribution in [2.45, 2.75) is 24.9 Å². The number of carbonyl (C=O) groups is 1. The van der Waals surface area contributed by atoms with Gasteiger partial charge in [-0.1, -0.05) is 59.7 Å². The molecule has 0 bridgehead atoms. The molecular weight excluding hydrogens is 467 g/mol. The Balaban J connectivity index is 2.21. The van der Waals surface area contributed by atoms with Gasteiger partial charge in [0.2, 0.25) is 0 Å². The predicted molar refractivity (Wildman–Crippen MR) is 122 cm³/mol. The van der Waals surface area contributed by atoms with Gasteiger partial charge in [-0.15, -0.1) is 0 Å². The van der Waals surface area contributed by atoms with E-state index in [4.69, 9.17) is 4.74 Å². The summed E-state index contributed by atoms with van der Waals surface area (Å²) in [5.74, 6) is -1.08. The maximum absolute atomic E-state index is 13.9. The molecule has 0 aliphatic carbocycles. The Morgan fingerprint density at radius 3 is 2.12 bits per heavy atom. The number of hydrogen-bond donors (Lipinski definition) is 0. The molecule has 0 N–H and O–H groups in total. The number of alkyl halides is 3. The highest BCUT2D eigenvalue weighted by atomic mass is 32.2. The highest BCUT2D eigenvalue weighted by molar-refractivity contribution is 7.93. The normalized spacial score (nSPS) is 15.2. The van der Waals surface area contributed by atoms with Gasteiger partial charge >= 0.3 is 12.1 Å². The van der Waals surface area contributed by atoms with Crippen molar-refractivity contribution in [1.29, 1.82) is 0 Å². The lowest BCUT2D eigenvalue weighted by Crippen LogP contribution is -2.39. The zero-order valence-corrected chi connectivity index (χ0v) is 19.3. The second kappa shape index (κ2) is 8.32. The molecule has 0 amide bonds. The van der Waals surface area contributed by atoms with Gasteiger partial charge in [-0.2, -0.15) is 13.2 Å². The SMILES string of the molecule is COC(=O)C1=C(c2cc(C)cc(C)c2)c2ccccc2S(=O)(=O)N1c1ccccc1C(F)(F)F. The number of benzene rings is 3. The molecule has 0 aromatic heterocycles. The van der Waals surface area contributed by atoms with Gasteiger partial charge in [0.15, 0.2) is 5.70 Å². The van der Waals surface area contributed by atoms with Crippen LogP contribution in [-0.4, -0.2) is 21.5 Å². The van der Waals surface area contributed by atoms with Crippen molar-refractivity contribution in [3.63, 3.8) is 0 Å². The van der Waals surface area contributed by atoms with E-state index in [1.165, 1.54) is 24.3 Å². The molecule has 0 atom stereocenters. The first kappa shape index (κ1) is 23.6. The van der Waals surface area contributed by atoms with E-state index >= 15 is 0 Å². The summed E-state index contributed by atoms with van der Waals surface area (Å²) in [5, 5.41) is 0. The third-order valence-corrected chi connectivity index (χ3v) is 7.20. The number of rotatable bonds is 3. The zero-order chi connectivity index (χ0) is 24.8. The molecule has 1 heterocycles. The predicted octanol–water partition coefficient (Wildman–Crippen LogP) is 5.46. The number of aryl methyl sites for hydroxylation is 2. The summed E-state index contributed by atoms with van der Waals surface area (Å²) >= 11 is 0. The van der Waals surface area contributed by atoms with Crippen LogP contribution >= 0.6 is 0 Å². The largest absolute Gasteiger partial charge is 0.464 e. The van der Waals surface area contributed by atoms with Crippen molar-refractivity contribution in [3.8, 4) is 0 Å². The quantitative estimate of drug-likeness (QED) is 0.460. The van der Waals surface area contributed by atoms with Crippen LogP contribution in [0.5, 0.6) is 0 Å². The molecule has 0 spiro atoms. The van der Waals surface area contributed by atoms with E-state index in [2.05, 4.69) is 0 Å². The number of ether oxygens (including phenoxy) is 1. The molecule has 34 heavy (non-hydrogen) atoms. The zero-order valence-electron chi connectivity index (χ0n) is 18.5. The van der Waals surface area contributed by atoms with Crippen LogP contribution in [0.1, 0.15) is 27.8 Å². The monoisotopic (exact) mass is 487 g/mol. The molecule has 3 aromatic carbocycles. The molecule has 0 unspecified atom stereocenters. The number of sulfonamides is 1. The van der Waals surface area contributed by atoms with E-state index in [-0.39, 0.29) is 16.0 Å². The number of anilines is 1. The van der Waals surface area contributed by atoms with Crippen LogP contribution in [0.4, 0.5) is 18.9 Å². The molecule has 1 aliphatic rings. The van der Waals surface area contributed by atoms with Gasteiger partial charge in [0, 0.05) is 11.1 Å². The minimum Gasteiger partial charge on any atom is -0.464 e. The minimum absolute atomic E-state index is 0.168. The maximum Gasteiger partial charge on any atom is 0.418 e. The van der Waals surface area contributed by atoms with E-state index in [1.807, 2.05) is 19.9 Å². The standard InChI is InChI=1S/C25H20F3NO4S/c1-15-12-16(2)14-17(13-15)22-18-8-4-7-11-21(18)34(31,32)29(23(22)24(30)33-3)20-10-6-5-9-19(20)25(26,27)28/h4-14H,1-3H3. The Kier molecular flexibility index (Phi) is 5.77. The number of fused-ring (bicyclic) bond motifs is 1. The average Bonchev–Trinajstić information content (AvgIpc) is 2.77. The molecule has 0 fully saturated rings. The van der Waals surface area contributed by atoms with Crippen LogP contribution in [0, 0.1) is 13.8 Å². The van der Waals surface area contributed by atoms with E-state index in [0.717, 1.165) is 36.4 Å². The summed E-state index contributed by atoms with van der Waals surface area (Å²) in [6.07, 6.45) is -4.87. The number of methoxy groups -OCH3 is 1. The lowest BCUT2D eigenvalue weighted by molar-refractivity contribution is -0.138. The van der Waals surface area contributed by atoms with Gasteiger partial charge in [0.05, 0.1) is 23.3 Å². The Labute approximate surface area is 195 Å². The van der Waals surface area contributed by atoms with Crippen molar-refractivity contribution in [2.24, 2.45) is 0 Å².